The summed E-state index contributed by atoms with van der Waals surface area (Å²) >= 11 is 0. The standard InChI is InChI=1S/C22H24N4O4/c1-13-24-19-18(20(27)25-13)16(12-23-19)10-7-14-5-8-15(9-6-14)21(28)26-11-3-2-4-17(26)22(29)30/h5-6,8-9,12,17H,2-4,7,10-11H2,1H3,(H,29,30)(H2,23,24,25,27). The van der Waals surface area contributed by atoms with Gasteiger partial charge in [-0.3, -0.25) is 9.59 Å². The van der Waals surface area contributed by atoms with Gasteiger partial charge in [0.1, 0.15) is 17.5 Å². The minimum absolute atomic E-state index is 0.149. The third-order valence-corrected chi connectivity index (χ3v) is 5.67. The summed E-state index contributed by atoms with van der Waals surface area (Å²) in [5.41, 5.74) is 2.86. The lowest BCUT2D eigenvalue weighted by Gasteiger charge is -2.33. The minimum atomic E-state index is -0.946. The van der Waals surface area contributed by atoms with Gasteiger partial charge >= 0.3 is 5.97 Å². The number of carboxylic acids is 1. The fourth-order valence-electron chi connectivity index (χ4n) is 4.10. The average molecular weight is 408 g/mol. The highest BCUT2D eigenvalue weighted by Gasteiger charge is 2.32. The fourth-order valence-corrected chi connectivity index (χ4v) is 4.10. The van der Waals surface area contributed by atoms with Gasteiger partial charge < -0.3 is 20.0 Å². The SMILES string of the molecule is Cc1nc2[nH]cc(CCc3ccc(C(=O)N4CCCCC4C(=O)O)cc3)c2c(=O)[nH]1. The molecule has 0 bridgehead atoms. The average Bonchev–Trinajstić information content (AvgIpc) is 3.15. The van der Waals surface area contributed by atoms with Gasteiger partial charge in [-0.25, -0.2) is 9.78 Å². The van der Waals surface area contributed by atoms with Crippen LogP contribution in [-0.2, 0) is 17.6 Å². The number of carbonyl (C=O) groups excluding carboxylic acids is 1. The van der Waals surface area contributed by atoms with Crippen molar-refractivity contribution in [3.8, 4) is 0 Å². The Kier molecular flexibility index (Phi) is 5.39. The summed E-state index contributed by atoms with van der Waals surface area (Å²) in [6.07, 6.45) is 5.33. The summed E-state index contributed by atoms with van der Waals surface area (Å²) in [6.45, 7) is 2.22. The van der Waals surface area contributed by atoms with Crippen LogP contribution in [0, 0.1) is 6.92 Å². The molecule has 1 fully saturated rings. The summed E-state index contributed by atoms with van der Waals surface area (Å²) < 4.78 is 0. The number of aryl methyl sites for hydroxylation is 3. The van der Waals surface area contributed by atoms with E-state index in [4.69, 9.17) is 0 Å². The van der Waals surface area contributed by atoms with Gasteiger partial charge in [0.25, 0.3) is 11.5 Å². The number of H-pyrrole nitrogens is 2. The number of aliphatic carboxylic acids is 1. The molecular formula is C22H24N4O4. The van der Waals surface area contributed by atoms with Crippen LogP contribution in [-0.4, -0.2) is 49.4 Å². The lowest BCUT2D eigenvalue weighted by atomic mass is 9.99. The van der Waals surface area contributed by atoms with E-state index < -0.39 is 12.0 Å². The fraction of sp³-hybridized carbons (Fsp3) is 0.364. The molecule has 8 heteroatoms. The van der Waals surface area contributed by atoms with E-state index >= 15 is 0 Å². The number of aromatic amines is 2. The van der Waals surface area contributed by atoms with E-state index in [1.54, 1.807) is 19.1 Å². The quantitative estimate of drug-likeness (QED) is 0.599. The zero-order chi connectivity index (χ0) is 21.3. The maximum absolute atomic E-state index is 12.8. The van der Waals surface area contributed by atoms with Crippen molar-refractivity contribution in [2.45, 2.75) is 45.1 Å². The zero-order valence-corrected chi connectivity index (χ0v) is 16.8. The van der Waals surface area contributed by atoms with Crippen LogP contribution in [0.2, 0.25) is 0 Å². The maximum atomic E-state index is 12.8. The number of hydrogen-bond donors (Lipinski definition) is 3. The molecule has 4 rings (SSSR count). The van der Waals surface area contributed by atoms with Crippen molar-refractivity contribution in [3.05, 3.63) is 63.3 Å². The van der Waals surface area contributed by atoms with Crippen molar-refractivity contribution in [2.24, 2.45) is 0 Å². The van der Waals surface area contributed by atoms with Crippen molar-refractivity contribution >= 4 is 22.9 Å². The van der Waals surface area contributed by atoms with E-state index in [2.05, 4.69) is 15.0 Å². The molecule has 0 saturated carbocycles. The Morgan fingerprint density at radius 1 is 1.20 bits per heavy atom. The van der Waals surface area contributed by atoms with E-state index in [9.17, 15) is 19.5 Å². The zero-order valence-electron chi connectivity index (χ0n) is 16.8. The predicted octanol–water partition coefficient (Wildman–Crippen LogP) is 2.42. The van der Waals surface area contributed by atoms with Crippen molar-refractivity contribution < 1.29 is 14.7 Å². The van der Waals surface area contributed by atoms with E-state index in [-0.39, 0.29) is 11.5 Å². The predicted molar refractivity (Wildman–Crippen MR) is 112 cm³/mol. The third-order valence-electron chi connectivity index (χ3n) is 5.67. The van der Waals surface area contributed by atoms with Crippen LogP contribution in [0.5, 0.6) is 0 Å². The molecule has 1 saturated heterocycles. The van der Waals surface area contributed by atoms with Crippen LogP contribution in [0.1, 0.15) is 46.6 Å². The summed E-state index contributed by atoms with van der Waals surface area (Å²) in [6, 6.07) is 6.52. The smallest absolute Gasteiger partial charge is 0.326 e. The molecule has 156 valence electrons. The number of nitrogens with zero attached hydrogens (tertiary/aromatic N) is 2. The second kappa shape index (κ2) is 8.14. The van der Waals surface area contributed by atoms with Crippen LogP contribution in [0.15, 0.2) is 35.3 Å². The largest absolute Gasteiger partial charge is 0.480 e. The molecular weight excluding hydrogens is 384 g/mol. The van der Waals surface area contributed by atoms with Crippen LogP contribution in [0.4, 0.5) is 0 Å². The van der Waals surface area contributed by atoms with Crippen LogP contribution in [0.25, 0.3) is 11.0 Å². The molecule has 0 radical (unpaired) electrons. The number of carbonyl (C=O) groups is 2. The highest BCUT2D eigenvalue weighted by molar-refractivity contribution is 5.96. The number of amides is 1. The summed E-state index contributed by atoms with van der Waals surface area (Å²) in [5, 5.41) is 9.97. The second-order valence-electron chi connectivity index (χ2n) is 7.73. The monoisotopic (exact) mass is 408 g/mol. The third kappa shape index (κ3) is 3.85. The summed E-state index contributed by atoms with van der Waals surface area (Å²) in [5.74, 6) is -0.615. The van der Waals surface area contributed by atoms with Gasteiger partial charge in [-0.2, -0.15) is 0 Å². The normalized spacial score (nSPS) is 16.7. The second-order valence-corrected chi connectivity index (χ2v) is 7.73. The molecule has 3 aromatic rings. The molecule has 1 aliphatic heterocycles. The highest BCUT2D eigenvalue weighted by Crippen LogP contribution is 2.21. The highest BCUT2D eigenvalue weighted by atomic mass is 16.4. The first-order valence-corrected chi connectivity index (χ1v) is 10.1. The molecule has 0 aliphatic carbocycles. The molecule has 30 heavy (non-hydrogen) atoms. The van der Waals surface area contributed by atoms with E-state index in [0.29, 0.717) is 48.2 Å². The number of likely N-dealkylation sites (tertiary alicyclic amines) is 1. The first-order valence-electron chi connectivity index (χ1n) is 10.1. The molecule has 1 unspecified atom stereocenters. The van der Waals surface area contributed by atoms with Crippen molar-refractivity contribution in [3.63, 3.8) is 0 Å². The van der Waals surface area contributed by atoms with Crippen LogP contribution < -0.4 is 5.56 Å². The van der Waals surface area contributed by atoms with Gasteiger partial charge in [-0.05, 0) is 62.3 Å². The van der Waals surface area contributed by atoms with Gasteiger partial charge in [0, 0.05) is 18.3 Å². The van der Waals surface area contributed by atoms with Gasteiger partial charge in [-0.1, -0.05) is 12.1 Å². The molecule has 3 heterocycles. The number of carboxylic acid groups (broad SMARTS) is 1. The van der Waals surface area contributed by atoms with Crippen LogP contribution in [0.3, 0.4) is 0 Å². The van der Waals surface area contributed by atoms with E-state index in [1.165, 1.54) is 4.90 Å². The molecule has 1 atom stereocenters. The van der Waals surface area contributed by atoms with Gasteiger partial charge in [0.2, 0.25) is 0 Å². The number of benzene rings is 1. The molecule has 1 aliphatic rings. The van der Waals surface area contributed by atoms with Crippen molar-refractivity contribution in [1.29, 1.82) is 0 Å². The minimum Gasteiger partial charge on any atom is -0.480 e. The summed E-state index contributed by atoms with van der Waals surface area (Å²) in [4.78, 5) is 48.1. The first kappa shape index (κ1) is 19.9. The molecule has 1 aromatic carbocycles. The molecule has 8 nitrogen and oxygen atoms in total. The number of aromatic nitrogens is 3. The number of piperidine rings is 1. The number of nitrogens with one attached hydrogen (secondary N) is 2. The van der Waals surface area contributed by atoms with Gasteiger partial charge in [0.15, 0.2) is 0 Å². The van der Waals surface area contributed by atoms with E-state index in [1.807, 2.05) is 18.3 Å². The topological polar surface area (TPSA) is 119 Å². The lowest BCUT2D eigenvalue weighted by Crippen LogP contribution is -2.47. The lowest BCUT2D eigenvalue weighted by molar-refractivity contribution is -0.143. The Balaban J connectivity index is 1.46. The first-order chi connectivity index (χ1) is 14.4. The Morgan fingerprint density at radius 3 is 2.70 bits per heavy atom. The van der Waals surface area contributed by atoms with Crippen molar-refractivity contribution in [2.75, 3.05) is 6.54 Å². The Hall–Kier alpha value is -3.42. The number of hydrogen-bond acceptors (Lipinski definition) is 4. The Bertz CT molecular complexity index is 1150. The summed E-state index contributed by atoms with van der Waals surface area (Å²) in [7, 11) is 0. The van der Waals surface area contributed by atoms with Gasteiger partial charge in [-0.15, -0.1) is 0 Å². The molecule has 3 N–H and O–H groups in total. The molecule has 2 aromatic heterocycles. The number of fused-ring (bicyclic) bond motifs is 1. The number of rotatable bonds is 5. The van der Waals surface area contributed by atoms with E-state index in [0.717, 1.165) is 24.0 Å². The van der Waals surface area contributed by atoms with Gasteiger partial charge in [0.05, 0.1) is 5.39 Å². The maximum Gasteiger partial charge on any atom is 0.326 e. The van der Waals surface area contributed by atoms with Crippen LogP contribution >= 0.6 is 0 Å². The Morgan fingerprint density at radius 2 is 1.97 bits per heavy atom. The van der Waals surface area contributed by atoms with Crippen molar-refractivity contribution in [1.82, 2.24) is 19.9 Å². The Labute approximate surface area is 173 Å². The molecule has 1 amide bonds. The molecule has 0 spiro atoms.